The third-order valence-electron chi connectivity index (χ3n) is 2.73. The average molecular weight is 170 g/mol. The second kappa shape index (κ2) is 4.45. The molecular weight excluding hydrogens is 152 g/mol. The molecule has 12 heavy (non-hydrogen) atoms. The highest BCUT2D eigenvalue weighted by Crippen LogP contribution is 2.30. The molecule has 0 radical (unpaired) electrons. The second-order valence-corrected chi connectivity index (χ2v) is 3.62. The first-order chi connectivity index (χ1) is 5.74. The van der Waals surface area contributed by atoms with E-state index in [9.17, 15) is 4.79 Å². The molecule has 1 fully saturated rings. The summed E-state index contributed by atoms with van der Waals surface area (Å²) in [4.78, 5) is 10.7. The van der Waals surface area contributed by atoms with Gasteiger partial charge in [0.05, 0.1) is 0 Å². The molecular formula is C9H18N2O. The van der Waals surface area contributed by atoms with Crippen LogP contribution in [0.3, 0.4) is 0 Å². The SMILES string of the molecule is CC(=O)NCC1CCCC1CN. The van der Waals surface area contributed by atoms with Crippen LogP contribution >= 0.6 is 0 Å². The molecule has 1 saturated carbocycles. The number of rotatable bonds is 3. The summed E-state index contributed by atoms with van der Waals surface area (Å²) in [5, 5.41) is 2.86. The lowest BCUT2D eigenvalue weighted by atomic mass is 9.96. The van der Waals surface area contributed by atoms with Crippen LogP contribution in [0.4, 0.5) is 0 Å². The molecule has 1 amide bonds. The monoisotopic (exact) mass is 170 g/mol. The molecule has 3 heteroatoms. The molecule has 0 heterocycles. The van der Waals surface area contributed by atoms with Crippen molar-refractivity contribution in [2.75, 3.05) is 13.1 Å². The Balaban J connectivity index is 2.26. The highest BCUT2D eigenvalue weighted by atomic mass is 16.1. The smallest absolute Gasteiger partial charge is 0.216 e. The van der Waals surface area contributed by atoms with E-state index < -0.39 is 0 Å². The van der Waals surface area contributed by atoms with Crippen LogP contribution in [0.5, 0.6) is 0 Å². The molecule has 2 atom stereocenters. The summed E-state index contributed by atoms with van der Waals surface area (Å²) in [5.41, 5.74) is 5.62. The molecule has 1 aliphatic carbocycles. The minimum atomic E-state index is 0.0673. The van der Waals surface area contributed by atoms with Gasteiger partial charge in [0, 0.05) is 13.5 Å². The molecule has 1 aliphatic rings. The van der Waals surface area contributed by atoms with Crippen molar-refractivity contribution >= 4 is 5.91 Å². The fraction of sp³-hybridized carbons (Fsp3) is 0.889. The van der Waals surface area contributed by atoms with Gasteiger partial charge in [0.2, 0.25) is 5.91 Å². The first-order valence-corrected chi connectivity index (χ1v) is 4.68. The fourth-order valence-corrected chi connectivity index (χ4v) is 1.97. The van der Waals surface area contributed by atoms with Crippen molar-refractivity contribution in [2.45, 2.75) is 26.2 Å². The van der Waals surface area contributed by atoms with Crippen LogP contribution in [0, 0.1) is 11.8 Å². The van der Waals surface area contributed by atoms with Gasteiger partial charge in [-0.2, -0.15) is 0 Å². The molecule has 0 aromatic carbocycles. The average Bonchev–Trinajstić information content (AvgIpc) is 2.47. The minimum Gasteiger partial charge on any atom is -0.356 e. The van der Waals surface area contributed by atoms with Gasteiger partial charge < -0.3 is 11.1 Å². The predicted molar refractivity (Wildman–Crippen MR) is 48.6 cm³/mol. The summed E-state index contributed by atoms with van der Waals surface area (Å²) in [5.74, 6) is 1.33. The zero-order valence-electron chi connectivity index (χ0n) is 7.68. The van der Waals surface area contributed by atoms with Gasteiger partial charge in [0.25, 0.3) is 0 Å². The normalized spacial score (nSPS) is 28.8. The number of carbonyl (C=O) groups excluding carboxylic acids is 1. The molecule has 0 spiro atoms. The van der Waals surface area contributed by atoms with Crippen molar-refractivity contribution < 1.29 is 4.79 Å². The highest BCUT2D eigenvalue weighted by Gasteiger charge is 2.25. The molecule has 0 aromatic heterocycles. The number of nitrogens with two attached hydrogens (primary N) is 1. The van der Waals surface area contributed by atoms with Crippen LogP contribution < -0.4 is 11.1 Å². The first-order valence-electron chi connectivity index (χ1n) is 4.68. The van der Waals surface area contributed by atoms with Crippen LogP contribution in [0.25, 0.3) is 0 Å². The third kappa shape index (κ3) is 2.48. The van der Waals surface area contributed by atoms with Gasteiger partial charge >= 0.3 is 0 Å². The zero-order valence-corrected chi connectivity index (χ0v) is 7.68. The molecule has 0 bridgehead atoms. The van der Waals surface area contributed by atoms with E-state index in [4.69, 9.17) is 5.73 Å². The van der Waals surface area contributed by atoms with Crippen molar-refractivity contribution in [2.24, 2.45) is 17.6 Å². The van der Waals surface area contributed by atoms with E-state index in [-0.39, 0.29) is 5.91 Å². The Kier molecular flexibility index (Phi) is 3.53. The van der Waals surface area contributed by atoms with Crippen LogP contribution in [0.15, 0.2) is 0 Å². The lowest BCUT2D eigenvalue weighted by Crippen LogP contribution is -2.31. The predicted octanol–water partition coefficient (Wildman–Crippen LogP) is 0.497. The summed E-state index contributed by atoms with van der Waals surface area (Å²) >= 11 is 0. The maximum Gasteiger partial charge on any atom is 0.216 e. The van der Waals surface area contributed by atoms with Crippen LogP contribution in [0.1, 0.15) is 26.2 Å². The van der Waals surface area contributed by atoms with Crippen molar-refractivity contribution in [3.63, 3.8) is 0 Å². The number of nitrogens with one attached hydrogen (secondary N) is 1. The van der Waals surface area contributed by atoms with E-state index in [1.165, 1.54) is 19.3 Å². The van der Waals surface area contributed by atoms with Gasteiger partial charge in [-0.3, -0.25) is 4.79 Å². The summed E-state index contributed by atoms with van der Waals surface area (Å²) in [7, 11) is 0. The number of carbonyl (C=O) groups is 1. The van der Waals surface area contributed by atoms with Gasteiger partial charge in [0.1, 0.15) is 0 Å². The van der Waals surface area contributed by atoms with Crippen molar-refractivity contribution in [1.82, 2.24) is 5.32 Å². The standard InChI is InChI=1S/C9H18N2O/c1-7(12)11-6-9-4-2-3-8(9)5-10/h8-9H,2-6,10H2,1H3,(H,11,12). The van der Waals surface area contributed by atoms with Gasteiger partial charge in [-0.15, -0.1) is 0 Å². The quantitative estimate of drug-likeness (QED) is 0.648. The molecule has 3 nitrogen and oxygen atoms in total. The van der Waals surface area contributed by atoms with E-state index in [0.717, 1.165) is 13.1 Å². The Bertz CT molecular complexity index is 159. The van der Waals surface area contributed by atoms with E-state index in [1.807, 2.05) is 0 Å². The van der Waals surface area contributed by atoms with Crippen LogP contribution in [0.2, 0.25) is 0 Å². The van der Waals surface area contributed by atoms with Crippen molar-refractivity contribution in [1.29, 1.82) is 0 Å². The number of amides is 1. The van der Waals surface area contributed by atoms with Crippen LogP contribution in [-0.2, 0) is 4.79 Å². The van der Waals surface area contributed by atoms with Gasteiger partial charge in [-0.25, -0.2) is 0 Å². The van der Waals surface area contributed by atoms with Crippen LogP contribution in [-0.4, -0.2) is 19.0 Å². The summed E-state index contributed by atoms with van der Waals surface area (Å²) < 4.78 is 0. The molecule has 2 unspecified atom stereocenters. The van der Waals surface area contributed by atoms with E-state index in [0.29, 0.717) is 11.8 Å². The molecule has 3 N–H and O–H groups in total. The minimum absolute atomic E-state index is 0.0673. The Morgan fingerprint density at radius 3 is 2.75 bits per heavy atom. The lowest BCUT2D eigenvalue weighted by Gasteiger charge is -2.17. The Labute approximate surface area is 73.7 Å². The maximum absolute atomic E-state index is 10.7. The van der Waals surface area contributed by atoms with Gasteiger partial charge in [-0.1, -0.05) is 6.42 Å². The Morgan fingerprint density at radius 1 is 1.50 bits per heavy atom. The molecule has 0 saturated heterocycles. The van der Waals surface area contributed by atoms with Gasteiger partial charge in [0.15, 0.2) is 0 Å². The van der Waals surface area contributed by atoms with E-state index in [2.05, 4.69) is 5.32 Å². The lowest BCUT2D eigenvalue weighted by molar-refractivity contribution is -0.119. The highest BCUT2D eigenvalue weighted by molar-refractivity contribution is 5.72. The number of hydrogen-bond acceptors (Lipinski definition) is 2. The largest absolute Gasteiger partial charge is 0.356 e. The fourth-order valence-electron chi connectivity index (χ4n) is 1.97. The molecule has 0 aliphatic heterocycles. The summed E-state index contributed by atoms with van der Waals surface area (Å²) in [6.45, 7) is 3.15. The third-order valence-corrected chi connectivity index (χ3v) is 2.73. The van der Waals surface area contributed by atoms with Crippen molar-refractivity contribution in [3.05, 3.63) is 0 Å². The summed E-state index contributed by atoms with van der Waals surface area (Å²) in [6.07, 6.45) is 3.73. The molecule has 70 valence electrons. The Morgan fingerprint density at radius 2 is 2.17 bits per heavy atom. The van der Waals surface area contributed by atoms with Crippen molar-refractivity contribution in [3.8, 4) is 0 Å². The van der Waals surface area contributed by atoms with E-state index in [1.54, 1.807) is 6.92 Å². The van der Waals surface area contributed by atoms with Gasteiger partial charge in [-0.05, 0) is 31.2 Å². The van der Waals surface area contributed by atoms with E-state index >= 15 is 0 Å². The Hall–Kier alpha value is -0.570. The zero-order chi connectivity index (χ0) is 8.97. The number of hydrogen-bond donors (Lipinski definition) is 2. The molecule has 0 aromatic rings. The first kappa shape index (κ1) is 9.52. The maximum atomic E-state index is 10.7. The second-order valence-electron chi connectivity index (χ2n) is 3.62. The summed E-state index contributed by atoms with van der Waals surface area (Å²) in [6, 6.07) is 0. The topological polar surface area (TPSA) is 55.1 Å². The molecule has 1 rings (SSSR count).